The third-order valence-electron chi connectivity index (χ3n) is 8.25. The highest BCUT2D eigenvalue weighted by atomic mass is 16.2. The van der Waals surface area contributed by atoms with E-state index in [0.717, 1.165) is 57.8 Å². The van der Waals surface area contributed by atoms with Crippen LogP contribution >= 0.6 is 0 Å². The molecule has 3 fully saturated rings. The molecule has 0 aliphatic heterocycles. The van der Waals surface area contributed by atoms with E-state index >= 15 is 0 Å². The molecule has 0 spiro atoms. The number of benzene rings is 1. The minimum atomic E-state index is -0.207. The Balaban J connectivity index is 1.56. The quantitative estimate of drug-likeness (QED) is 0.595. The summed E-state index contributed by atoms with van der Waals surface area (Å²) in [7, 11) is 0. The van der Waals surface area contributed by atoms with Gasteiger partial charge < -0.3 is 16.0 Å². The van der Waals surface area contributed by atoms with Crippen LogP contribution in [0.3, 0.4) is 0 Å². The molecule has 0 heterocycles. The molecule has 3 saturated carbocycles. The van der Waals surface area contributed by atoms with E-state index in [1.54, 1.807) is 18.2 Å². The van der Waals surface area contributed by atoms with Gasteiger partial charge in [0.25, 0.3) is 17.7 Å². The van der Waals surface area contributed by atoms with Gasteiger partial charge in [0, 0.05) is 34.8 Å². The van der Waals surface area contributed by atoms with E-state index in [9.17, 15) is 14.4 Å². The maximum atomic E-state index is 13.1. The van der Waals surface area contributed by atoms with E-state index < -0.39 is 0 Å². The summed E-state index contributed by atoms with van der Waals surface area (Å²) < 4.78 is 0. The molecule has 6 unspecified atom stereocenters. The van der Waals surface area contributed by atoms with Crippen LogP contribution in [0.2, 0.25) is 0 Å². The van der Waals surface area contributed by atoms with Crippen LogP contribution in [-0.4, -0.2) is 35.8 Å². The van der Waals surface area contributed by atoms with Gasteiger partial charge in [0.15, 0.2) is 0 Å². The number of amides is 3. The minimum absolute atomic E-state index is 0.144. The van der Waals surface area contributed by atoms with E-state index in [1.807, 2.05) is 0 Å². The Labute approximate surface area is 197 Å². The highest BCUT2D eigenvalue weighted by Crippen LogP contribution is 2.27. The Morgan fingerprint density at radius 2 is 0.818 bits per heavy atom. The molecule has 180 valence electrons. The molecule has 3 N–H and O–H groups in total. The number of carbonyl (C=O) groups is 3. The van der Waals surface area contributed by atoms with E-state index in [1.165, 1.54) is 0 Å². The second-order valence-electron chi connectivity index (χ2n) is 10.8. The zero-order chi connectivity index (χ0) is 23.5. The number of carbonyl (C=O) groups excluding carboxylic acids is 3. The largest absolute Gasteiger partial charge is 0.349 e. The lowest BCUT2D eigenvalue weighted by molar-refractivity contribution is 0.0929. The lowest BCUT2D eigenvalue weighted by Gasteiger charge is -2.20. The highest BCUT2D eigenvalue weighted by molar-refractivity contribution is 6.04. The Kier molecular flexibility index (Phi) is 7.40. The molecule has 33 heavy (non-hydrogen) atoms. The fourth-order valence-corrected chi connectivity index (χ4v) is 5.86. The van der Waals surface area contributed by atoms with Gasteiger partial charge in [-0.1, -0.05) is 40.0 Å². The second kappa shape index (κ2) is 10.3. The third kappa shape index (κ3) is 5.59. The molecule has 0 saturated heterocycles. The van der Waals surface area contributed by atoms with Gasteiger partial charge in [0.05, 0.1) is 0 Å². The molecule has 0 aromatic heterocycles. The molecular weight excluding hydrogens is 414 g/mol. The topological polar surface area (TPSA) is 87.3 Å². The first kappa shape index (κ1) is 23.8. The normalized spacial score (nSPS) is 31.4. The standard InChI is InChI=1S/C27H39N3O3/c1-16-7-4-10-22(16)28-25(31)19-13-20(26(32)29-23-11-5-8-17(23)2)15-21(14-19)27(33)30-24-12-6-9-18(24)3/h13-18,22-24H,4-12H2,1-3H3,(H,28,31)(H,29,32)(H,30,33). The summed E-state index contributed by atoms with van der Waals surface area (Å²) in [6.07, 6.45) is 9.59. The van der Waals surface area contributed by atoms with Crippen molar-refractivity contribution in [2.75, 3.05) is 0 Å². The van der Waals surface area contributed by atoms with Gasteiger partial charge in [-0.25, -0.2) is 0 Å². The van der Waals surface area contributed by atoms with Crippen molar-refractivity contribution in [3.8, 4) is 0 Å². The Hall–Kier alpha value is -2.37. The molecule has 1 aromatic rings. The lowest BCUT2D eigenvalue weighted by atomic mass is 10.0. The molecule has 0 radical (unpaired) electrons. The van der Waals surface area contributed by atoms with E-state index in [-0.39, 0.29) is 35.8 Å². The second-order valence-corrected chi connectivity index (χ2v) is 10.8. The predicted octanol–water partition coefficient (Wildman–Crippen LogP) is 4.44. The van der Waals surface area contributed by atoms with Crippen LogP contribution in [0.25, 0.3) is 0 Å². The fourth-order valence-electron chi connectivity index (χ4n) is 5.86. The van der Waals surface area contributed by atoms with E-state index in [4.69, 9.17) is 0 Å². The van der Waals surface area contributed by atoms with Gasteiger partial charge in [0.2, 0.25) is 0 Å². The molecule has 6 nitrogen and oxygen atoms in total. The maximum Gasteiger partial charge on any atom is 0.251 e. The molecule has 3 amide bonds. The van der Waals surface area contributed by atoms with Gasteiger partial charge in [-0.15, -0.1) is 0 Å². The van der Waals surface area contributed by atoms with Crippen molar-refractivity contribution < 1.29 is 14.4 Å². The molecule has 6 heteroatoms. The number of rotatable bonds is 6. The summed E-state index contributed by atoms with van der Waals surface area (Å²) >= 11 is 0. The van der Waals surface area contributed by atoms with Crippen molar-refractivity contribution in [1.29, 1.82) is 0 Å². The average Bonchev–Trinajstić information content (AvgIpc) is 3.51. The van der Waals surface area contributed by atoms with Crippen molar-refractivity contribution in [2.45, 2.75) is 96.7 Å². The smallest absolute Gasteiger partial charge is 0.251 e. The average molecular weight is 454 g/mol. The first-order chi connectivity index (χ1) is 15.8. The van der Waals surface area contributed by atoms with E-state index in [2.05, 4.69) is 36.7 Å². The van der Waals surface area contributed by atoms with Crippen LogP contribution in [0.4, 0.5) is 0 Å². The van der Waals surface area contributed by atoms with Crippen LogP contribution in [0.1, 0.15) is 110 Å². The lowest BCUT2D eigenvalue weighted by Crippen LogP contribution is -2.39. The zero-order valence-electron chi connectivity index (χ0n) is 20.3. The molecule has 3 aliphatic carbocycles. The van der Waals surface area contributed by atoms with Crippen LogP contribution in [-0.2, 0) is 0 Å². The first-order valence-electron chi connectivity index (χ1n) is 12.9. The Bertz CT molecular complexity index is 772. The molecule has 1 aromatic carbocycles. The van der Waals surface area contributed by atoms with Gasteiger partial charge in [-0.05, 0) is 74.5 Å². The third-order valence-corrected chi connectivity index (χ3v) is 8.25. The number of nitrogens with one attached hydrogen (secondary N) is 3. The van der Waals surface area contributed by atoms with Crippen LogP contribution < -0.4 is 16.0 Å². The molecule has 6 atom stereocenters. The Morgan fingerprint density at radius 1 is 0.545 bits per heavy atom. The van der Waals surface area contributed by atoms with Gasteiger partial charge in [-0.3, -0.25) is 14.4 Å². The maximum absolute atomic E-state index is 13.1. The van der Waals surface area contributed by atoms with Crippen LogP contribution in [0.5, 0.6) is 0 Å². The van der Waals surface area contributed by atoms with Crippen LogP contribution in [0.15, 0.2) is 18.2 Å². The van der Waals surface area contributed by atoms with Gasteiger partial charge in [-0.2, -0.15) is 0 Å². The molecule has 0 bridgehead atoms. The van der Waals surface area contributed by atoms with Crippen molar-refractivity contribution in [2.24, 2.45) is 17.8 Å². The summed E-state index contributed by atoms with van der Waals surface area (Å²) in [4.78, 5) is 39.3. The van der Waals surface area contributed by atoms with Crippen molar-refractivity contribution in [3.05, 3.63) is 34.9 Å². The van der Waals surface area contributed by atoms with Crippen molar-refractivity contribution in [3.63, 3.8) is 0 Å². The molecule has 3 aliphatic rings. The van der Waals surface area contributed by atoms with Gasteiger partial charge in [0.1, 0.15) is 0 Å². The number of hydrogen-bond donors (Lipinski definition) is 3. The Morgan fingerprint density at radius 3 is 1.03 bits per heavy atom. The zero-order valence-corrected chi connectivity index (χ0v) is 20.3. The van der Waals surface area contributed by atoms with Crippen LogP contribution in [0, 0.1) is 17.8 Å². The van der Waals surface area contributed by atoms with E-state index in [0.29, 0.717) is 34.4 Å². The van der Waals surface area contributed by atoms with Crippen molar-refractivity contribution >= 4 is 17.7 Å². The minimum Gasteiger partial charge on any atom is -0.349 e. The molecule has 4 rings (SSSR count). The highest BCUT2D eigenvalue weighted by Gasteiger charge is 2.29. The number of hydrogen-bond acceptors (Lipinski definition) is 3. The first-order valence-corrected chi connectivity index (χ1v) is 12.9. The fraction of sp³-hybridized carbons (Fsp3) is 0.667. The monoisotopic (exact) mass is 453 g/mol. The SMILES string of the molecule is CC1CCCC1NC(=O)c1cc(C(=O)NC2CCCC2C)cc(C(=O)NC2CCCC2C)c1. The summed E-state index contributed by atoms with van der Waals surface area (Å²) in [6, 6.07) is 5.35. The summed E-state index contributed by atoms with van der Waals surface area (Å²) in [5.74, 6) is 0.700. The van der Waals surface area contributed by atoms with Gasteiger partial charge >= 0.3 is 0 Å². The summed E-state index contributed by atoms with van der Waals surface area (Å²) in [6.45, 7) is 6.48. The summed E-state index contributed by atoms with van der Waals surface area (Å²) in [5.41, 5.74) is 1.14. The molecular formula is C27H39N3O3. The van der Waals surface area contributed by atoms with Crippen molar-refractivity contribution in [1.82, 2.24) is 16.0 Å². The predicted molar refractivity (Wildman–Crippen MR) is 129 cm³/mol. The summed E-state index contributed by atoms with van der Waals surface area (Å²) in [5, 5.41) is 9.41.